The van der Waals surface area contributed by atoms with E-state index in [1.165, 1.54) is 12.8 Å². The lowest BCUT2D eigenvalue weighted by Crippen LogP contribution is -2.39. The number of carbonyl (C=O) groups excluding carboxylic acids is 2. The molecule has 1 aromatic carbocycles. The number of hydrogen-bond donors (Lipinski definition) is 3. The first kappa shape index (κ1) is 20.6. The summed E-state index contributed by atoms with van der Waals surface area (Å²) in [5.41, 5.74) is 2.64. The third kappa shape index (κ3) is 6.20. The lowest BCUT2D eigenvalue weighted by molar-refractivity contribution is -0.115. The van der Waals surface area contributed by atoms with E-state index in [9.17, 15) is 9.59 Å². The third-order valence-corrected chi connectivity index (χ3v) is 4.95. The van der Waals surface area contributed by atoms with Gasteiger partial charge >= 0.3 is 6.03 Å². The first-order valence-electron chi connectivity index (χ1n) is 10.2. The van der Waals surface area contributed by atoms with Gasteiger partial charge in [-0.1, -0.05) is 31.2 Å². The number of benzene rings is 1. The van der Waals surface area contributed by atoms with Gasteiger partial charge in [-0.3, -0.25) is 4.79 Å². The smallest absolute Gasteiger partial charge is 0.315 e. The molecule has 3 N–H and O–H groups in total. The molecule has 2 aromatic rings. The van der Waals surface area contributed by atoms with E-state index in [0.717, 1.165) is 36.1 Å². The van der Waals surface area contributed by atoms with Crippen LogP contribution in [0, 0.1) is 0 Å². The topological polar surface area (TPSA) is 92.4 Å². The number of aromatic nitrogens is 1. The highest BCUT2D eigenvalue weighted by Gasteiger charge is 2.18. The number of urea groups is 1. The molecular weight excluding hydrogens is 368 g/mol. The summed E-state index contributed by atoms with van der Waals surface area (Å²) < 4.78 is 5.98. The minimum absolute atomic E-state index is 0.109. The molecule has 0 saturated heterocycles. The zero-order chi connectivity index (χ0) is 20.5. The van der Waals surface area contributed by atoms with E-state index in [1.54, 1.807) is 6.20 Å². The zero-order valence-electron chi connectivity index (χ0n) is 16.7. The number of nitrogens with zero attached hydrogens (tertiary/aromatic N) is 1. The molecule has 3 amide bonds. The highest BCUT2D eigenvalue weighted by molar-refractivity contribution is 5.94. The van der Waals surface area contributed by atoms with Crippen molar-refractivity contribution in [1.82, 2.24) is 15.6 Å². The van der Waals surface area contributed by atoms with E-state index >= 15 is 0 Å². The van der Waals surface area contributed by atoms with Gasteiger partial charge in [-0.15, -0.1) is 0 Å². The Morgan fingerprint density at radius 2 is 1.83 bits per heavy atom. The molecule has 1 aliphatic carbocycles. The number of aryl methyl sites for hydroxylation is 1. The van der Waals surface area contributed by atoms with Crippen molar-refractivity contribution in [3.63, 3.8) is 0 Å². The van der Waals surface area contributed by atoms with Gasteiger partial charge in [0.1, 0.15) is 6.10 Å². The van der Waals surface area contributed by atoms with Crippen LogP contribution >= 0.6 is 0 Å². The number of nitrogens with one attached hydrogen (secondary N) is 3. The number of amides is 3. The highest BCUT2D eigenvalue weighted by atomic mass is 16.5. The molecule has 0 aliphatic heterocycles. The molecule has 0 unspecified atom stereocenters. The normalized spacial score (nSPS) is 13.7. The molecule has 1 aliphatic rings. The summed E-state index contributed by atoms with van der Waals surface area (Å²) in [7, 11) is 0. The predicted molar refractivity (Wildman–Crippen MR) is 112 cm³/mol. The molecule has 0 radical (unpaired) electrons. The van der Waals surface area contributed by atoms with Crippen LogP contribution in [0.2, 0.25) is 0 Å². The minimum atomic E-state index is -0.417. The summed E-state index contributed by atoms with van der Waals surface area (Å²) in [4.78, 5) is 28.5. The molecule has 1 aromatic heterocycles. The van der Waals surface area contributed by atoms with Crippen LogP contribution in [0.25, 0.3) is 0 Å². The SMILES string of the molecule is CCc1ccccc1NC(=O)CNC(=O)NCc1cccnc1OC1CCCC1. The summed E-state index contributed by atoms with van der Waals surface area (Å²) in [5, 5.41) is 8.16. The number of ether oxygens (including phenoxy) is 1. The van der Waals surface area contributed by atoms with E-state index in [2.05, 4.69) is 20.9 Å². The lowest BCUT2D eigenvalue weighted by atomic mass is 10.1. The molecule has 154 valence electrons. The van der Waals surface area contributed by atoms with Crippen molar-refractivity contribution in [2.45, 2.75) is 51.7 Å². The highest BCUT2D eigenvalue weighted by Crippen LogP contribution is 2.24. The Morgan fingerprint density at radius 1 is 1.07 bits per heavy atom. The van der Waals surface area contributed by atoms with E-state index in [1.807, 2.05) is 43.3 Å². The average molecular weight is 396 g/mol. The Kier molecular flexibility index (Phi) is 7.44. The number of carbonyl (C=O) groups is 2. The van der Waals surface area contributed by atoms with Gasteiger partial charge in [0.05, 0.1) is 6.54 Å². The fourth-order valence-corrected chi connectivity index (χ4v) is 3.37. The molecule has 0 spiro atoms. The maximum Gasteiger partial charge on any atom is 0.315 e. The number of pyridine rings is 1. The number of hydrogen-bond acceptors (Lipinski definition) is 4. The van der Waals surface area contributed by atoms with Gasteiger partial charge in [-0.05, 0) is 49.8 Å². The fourth-order valence-electron chi connectivity index (χ4n) is 3.37. The maximum absolute atomic E-state index is 12.1. The van der Waals surface area contributed by atoms with Crippen molar-refractivity contribution in [3.05, 3.63) is 53.7 Å². The molecule has 3 rings (SSSR count). The molecule has 7 heteroatoms. The summed E-state index contributed by atoms with van der Waals surface area (Å²) in [6, 6.07) is 10.9. The fraction of sp³-hybridized carbons (Fsp3) is 0.409. The van der Waals surface area contributed by atoms with Gasteiger partial charge in [0, 0.05) is 24.0 Å². The van der Waals surface area contributed by atoms with Crippen LogP contribution in [0.5, 0.6) is 5.88 Å². The quantitative estimate of drug-likeness (QED) is 0.638. The van der Waals surface area contributed by atoms with Gasteiger partial charge in [0.2, 0.25) is 11.8 Å². The van der Waals surface area contributed by atoms with Gasteiger partial charge < -0.3 is 20.7 Å². The van der Waals surface area contributed by atoms with Crippen LogP contribution in [0.4, 0.5) is 10.5 Å². The van der Waals surface area contributed by atoms with E-state index in [0.29, 0.717) is 5.88 Å². The Morgan fingerprint density at radius 3 is 2.62 bits per heavy atom. The van der Waals surface area contributed by atoms with Crippen molar-refractivity contribution >= 4 is 17.6 Å². The monoisotopic (exact) mass is 396 g/mol. The second-order valence-corrected chi connectivity index (χ2v) is 7.09. The Balaban J connectivity index is 1.45. The molecular formula is C22H28N4O3. The molecule has 7 nitrogen and oxygen atoms in total. The predicted octanol–water partition coefficient (Wildman–Crippen LogP) is 3.40. The van der Waals surface area contributed by atoms with E-state index < -0.39 is 6.03 Å². The molecule has 0 atom stereocenters. The van der Waals surface area contributed by atoms with Crippen LogP contribution in [0.15, 0.2) is 42.6 Å². The number of para-hydroxylation sites is 1. The number of anilines is 1. The van der Waals surface area contributed by atoms with Crippen LogP contribution in [0.1, 0.15) is 43.7 Å². The average Bonchev–Trinajstić information content (AvgIpc) is 3.25. The maximum atomic E-state index is 12.1. The van der Waals surface area contributed by atoms with Crippen LogP contribution in [0.3, 0.4) is 0 Å². The Hall–Kier alpha value is -3.09. The molecule has 0 bridgehead atoms. The third-order valence-electron chi connectivity index (χ3n) is 4.95. The largest absolute Gasteiger partial charge is 0.474 e. The first-order valence-corrected chi connectivity index (χ1v) is 10.2. The standard InChI is InChI=1S/C22H28N4O3/c1-2-16-8-3-6-12-19(16)26-20(27)15-25-22(28)24-14-17-9-7-13-23-21(17)29-18-10-4-5-11-18/h3,6-9,12-13,18H,2,4-5,10-11,14-15H2,1H3,(H,26,27)(H2,24,25,28). The Bertz CT molecular complexity index is 834. The number of rotatable bonds is 8. The van der Waals surface area contributed by atoms with Crippen molar-refractivity contribution < 1.29 is 14.3 Å². The van der Waals surface area contributed by atoms with Gasteiger partial charge in [0.15, 0.2) is 0 Å². The summed E-state index contributed by atoms with van der Waals surface area (Å²) >= 11 is 0. The van der Waals surface area contributed by atoms with Crippen LogP contribution < -0.4 is 20.7 Å². The van der Waals surface area contributed by atoms with E-state index in [-0.39, 0.29) is 25.1 Å². The summed E-state index contributed by atoms with van der Waals surface area (Å²) in [5.74, 6) is 0.293. The van der Waals surface area contributed by atoms with Crippen LogP contribution in [-0.4, -0.2) is 29.6 Å². The summed E-state index contributed by atoms with van der Waals surface area (Å²) in [6.45, 7) is 2.20. The lowest BCUT2D eigenvalue weighted by Gasteiger charge is -2.15. The second-order valence-electron chi connectivity index (χ2n) is 7.09. The molecule has 29 heavy (non-hydrogen) atoms. The van der Waals surface area contributed by atoms with Crippen molar-refractivity contribution in [2.75, 3.05) is 11.9 Å². The van der Waals surface area contributed by atoms with Gasteiger partial charge in [-0.2, -0.15) is 0 Å². The van der Waals surface area contributed by atoms with Crippen molar-refractivity contribution in [1.29, 1.82) is 0 Å². The first-order chi connectivity index (χ1) is 14.2. The van der Waals surface area contributed by atoms with Crippen LogP contribution in [-0.2, 0) is 17.8 Å². The zero-order valence-corrected chi connectivity index (χ0v) is 16.7. The Labute approximate surface area is 171 Å². The second kappa shape index (κ2) is 10.5. The van der Waals surface area contributed by atoms with Gasteiger partial charge in [-0.25, -0.2) is 9.78 Å². The van der Waals surface area contributed by atoms with Crippen molar-refractivity contribution in [3.8, 4) is 5.88 Å². The molecule has 1 heterocycles. The summed E-state index contributed by atoms with van der Waals surface area (Å²) in [6.07, 6.45) is 7.15. The van der Waals surface area contributed by atoms with Crippen molar-refractivity contribution in [2.24, 2.45) is 0 Å². The molecule has 1 fully saturated rings. The minimum Gasteiger partial charge on any atom is -0.474 e. The molecule has 1 saturated carbocycles. The van der Waals surface area contributed by atoms with Gasteiger partial charge in [0.25, 0.3) is 0 Å². The van der Waals surface area contributed by atoms with E-state index in [4.69, 9.17) is 4.74 Å².